The van der Waals surface area contributed by atoms with Crippen LogP contribution in [0.2, 0.25) is 0 Å². The molecule has 2 heterocycles. The third kappa shape index (κ3) is 4.82. The Balaban J connectivity index is 1.68. The van der Waals surface area contributed by atoms with E-state index >= 15 is 0 Å². The summed E-state index contributed by atoms with van der Waals surface area (Å²) in [5.74, 6) is 0.613. The number of phenolic OH excluding ortho intramolecular Hbond substituents is 2. The molecule has 9 heteroatoms. The van der Waals surface area contributed by atoms with Gasteiger partial charge in [-0.05, 0) is 50.0 Å². The largest absolute Gasteiger partial charge is 0.504 e. The molecule has 2 aromatic heterocycles. The first-order valence-electron chi connectivity index (χ1n) is 10.7. The second kappa shape index (κ2) is 9.82. The normalized spacial score (nSPS) is 11.5. The SMILES string of the molecule is CCCCc1nc2c(c(=O)n(C)c(=O)n2C)n1CCCNCCc1ccc(O)c(O)c1. The van der Waals surface area contributed by atoms with E-state index in [0.29, 0.717) is 17.7 Å². The first kappa shape index (κ1) is 22.6. The maximum Gasteiger partial charge on any atom is 0.332 e. The maximum atomic E-state index is 12.8. The molecule has 0 amide bonds. The van der Waals surface area contributed by atoms with Crippen LogP contribution >= 0.6 is 0 Å². The van der Waals surface area contributed by atoms with Gasteiger partial charge in [-0.2, -0.15) is 0 Å². The Labute approximate surface area is 180 Å². The predicted molar refractivity (Wildman–Crippen MR) is 120 cm³/mol. The van der Waals surface area contributed by atoms with Crippen LogP contribution in [0.4, 0.5) is 0 Å². The summed E-state index contributed by atoms with van der Waals surface area (Å²) >= 11 is 0. The van der Waals surface area contributed by atoms with Crippen molar-refractivity contribution in [3.63, 3.8) is 0 Å². The van der Waals surface area contributed by atoms with Crippen molar-refractivity contribution in [1.82, 2.24) is 24.0 Å². The molecule has 0 aliphatic rings. The summed E-state index contributed by atoms with van der Waals surface area (Å²) in [5, 5.41) is 22.3. The van der Waals surface area contributed by atoms with E-state index in [2.05, 4.69) is 17.2 Å². The smallest absolute Gasteiger partial charge is 0.332 e. The number of rotatable bonds is 10. The van der Waals surface area contributed by atoms with Gasteiger partial charge in [0.2, 0.25) is 0 Å². The molecular formula is C22H31N5O4. The third-order valence-corrected chi connectivity index (χ3v) is 5.55. The molecule has 9 nitrogen and oxygen atoms in total. The highest BCUT2D eigenvalue weighted by Crippen LogP contribution is 2.24. The van der Waals surface area contributed by atoms with Gasteiger partial charge in [0, 0.05) is 27.1 Å². The molecule has 0 fully saturated rings. The highest BCUT2D eigenvalue weighted by Gasteiger charge is 2.18. The summed E-state index contributed by atoms with van der Waals surface area (Å²) < 4.78 is 4.54. The molecule has 0 unspecified atom stereocenters. The van der Waals surface area contributed by atoms with Crippen LogP contribution in [0.5, 0.6) is 11.5 Å². The molecule has 168 valence electrons. The van der Waals surface area contributed by atoms with Crippen LogP contribution in [-0.4, -0.2) is 42.0 Å². The molecule has 0 spiro atoms. The number of aryl methyl sites for hydroxylation is 3. The molecule has 0 aliphatic heterocycles. The number of hydrogen-bond donors (Lipinski definition) is 3. The number of nitrogens with zero attached hydrogens (tertiary/aromatic N) is 4. The van der Waals surface area contributed by atoms with E-state index in [0.717, 1.165) is 61.1 Å². The Morgan fingerprint density at radius 1 is 1.00 bits per heavy atom. The van der Waals surface area contributed by atoms with E-state index in [-0.39, 0.29) is 22.7 Å². The lowest BCUT2D eigenvalue weighted by Gasteiger charge is -2.10. The quantitative estimate of drug-likeness (QED) is 0.332. The molecule has 0 saturated heterocycles. The predicted octanol–water partition coefficient (Wildman–Crippen LogP) is 1.41. The molecular weight excluding hydrogens is 398 g/mol. The van der Waals surface area contributed by atoms with Gasteiger partial charge in [-0.3, -0.25) is 13.9 Å². The van der Waals surface area contributed by atoms with Crippen molar-refractivity contribution < 1.29 is 10.2 Å². The van der Waals surface area contributed by atoms with Gasteiger partial charge in [0.25, 0.3) is 5.56 Å². The van der Waals surface area contributed by atoms with Gasteiger partial charge >= 0.3 is 5.69 Å². The highest BCUT2D eigenvalue weighted by molar-refractivity contribution is 5.71. The van der Waals surface area contributed by atoms with Gasteiger partial charge in [0.1, 0.15) is 5.82 Å². The zero-order valence-corrected chi connectivity index (χ0v) is 18.4. The van der Waals surface area contributed by atoms with Crippen molar-refractivity contribution in [2.24, 2.45) is 14.1 Å². The fourth-order valence-corrected chi connectivity index (χ4v) is 3.70. The fourth-order valence-electron chi connectivity index (χ4n) is 3.70. The summed E-state index contributed by atoms with van der Waals surface area (Å²) in [6.45, 7) is 4.23. The van der Waals surface area contributed by atoms with Crippen LogP contribution in [0.3, 0.4) is 0 Å². The van der Waals surface area contributed by atoms with Crippen LogP contribution < -0.4 is 16.6 Å². The van der Waals surface area contributed by atoms with Gasteiger partial charge in [-0.25, -0.2) is 9.78 Å². The average Bonchev–Trinajstić information content (AvgIpc) is 3.12. The monoisotopic (exact) mass is 429 g/mol. The lowest BCUT2D eigenvalue weighted by molar-refractivity contribution is 0.403. The van der Waals surface area contributed by atoms with Gasteiger partial charge in [0.05, 0.1) is 0 Å². The van der Waals surface area contributed by atoms with Crippen molar-refractivity contribution in [2.75, 3.05) is 13.1 Å². The van der Waals surface area contributed by atoms with Crippen LogP contribution in [-0.2, 0) is 33.5 Å². The van der Waals surface area contributed by atoms with Crippen molar-refractivity contribution in [1.29, 1.82) is 0 Å². The second-order valence-corrected chi connectivity index (χ2v) is 7.84. The third-order valence-electron chi connectivity index (χ3n) is 5.55. The van der Waals surface area contributed by atoms with E-state index in [9.17, 15) is 19.8 Å². The van der Waals surface area contributed by atoms with E-state index < -0.39 is 0 Å². The Bertz CT molecular complexity index is 1180. The summed E-state index contributed by atoms with van der Waals surface area (Å²) in [7, 11) is 3.14. The number of aromatic nitrogens is 4. The van der Waals surface area contributed by atoms with E-state index in [4.69, 9.17) is 0 Å². The minimum absolute atomic E-state index is 0.111. The van der Waals surface area contributed by atoms with E-state index in [1.54, 1.807) is 19.2 Å². The molecule has 0 aliphatic carbocycles. The molecule has 0 radical (unpaired) electrons. The lowest BCUT2D eigenvalue weighted by atomic mass is 10.1. The average molecular weight is 430 g/mol. The first-order valence-corrected chi connectivity index (χ1v) is 10.7. The first-order chi connectivity index (χ1) is 14.8. The summed E-state index contributed by atoms with van der Waals surface area (Å²) in [5.41, 5.74) is 1.18. The molecule has 31 heavy (non-hydrogen) atoms. The van der Waals surface area contributed by atoms with Crippen LogP contribution in [0.15, 0.2) is 27.8 Å². The van der Waals surface area contributed by atoms with Crippen molar-refractivity contribution in [3.05, 3.63) is 50.4 Å². The fraction of sp³-hybridized carbons (Fsp3) is 0.500. The lowest BCUT2D eigenvalue weighted by Crippen LogP contribution is -2.37. The minimum atomic E-state index is -0.369. The topological polar surface area (TPSA) is 114 Å². The van der Waals surface area contributed by atoms with Gasteiger partial charge < -0.3 is 20.1 Å². The van der Waals surface area contributed by atoms with Crippen LogP contribution in [0.25, 0.3) is 11.2 Å². The van der Waals surface area contributed by atoms with Crippen molar-refractivity contribution in [3.8, 4) is 11.5 Å². The number of unbranched alkanes of at least 4 members (excludes halogenated alkanes) is 1. The molecule has 3 N–H and O–H groups in total. The van der Waals surface area contributed by atoms with Crippen LogP contribution in [0.1, 0.15) is 37.6 Å². The molecule has 3 rings (SSSR count). The van der Waals surface area contributed by atoms with Crippen molar-refractivity contribution >= 4 is 11.2 Å². The number of phenols is 2. The Morgan fingerprint density at radius 2 is 1.77 bits per heavy atom. The zero-order valence-electron chi connectivity index (χ0n) is 18.4. The summed E-state index contributed by atoms with van der Waals surface area (Å²) in [4.78, 5) is 29.7. The Morgan fingerprint density at radius 3 is 2.48 bits per heavy atom. The number of aromatic hydroxyl groups is 2. The number of imidazole rings is 1. The number of fused-ring (bicyclic) bond motifs is 1. The number of hydrogen-bond acceptors (Lipinski definition) is 6. The Hall–Kier alpha value is -3.07. The summed E-state index contributed by atoms with van der Waals surface area (Å²) in [6, 6.07) is 4.84. The second-order valence-electron chi connectivity index (χ2n) is 7.84. The van der Waals surface area contributed by atoms with E-state index in [1.165, 1.54) is 17.7 Å². The van der Waals surface area contributed by atoms with Gasteiger partial charge in [-0.1, -0.05) is 19.4 Å². The minimum Gasteiger partial charge on any atom is -0.504 e. The highest BCUT2D eigenvalue weighted by atomic mass is 16.3. The molecule has 1 aromatic carbocycles. The Kier molecular flexibility index (Phi) is 7.17. The summed E-state index contributed by atoms with van der Waals surface area (Å²) in [6.07, 6.45) is 4.29. The van der Waals surface area contributed by atoms with Crippen molar-refractivity contribution in [2.45, 2.75) is 45.6 Å². The number of benzene rings is 1. The molecule has 0 atom stereocenters. The number of nitrogens with one attached hydrogen (secondary N) is 1. The van der Waals surface area contributed by atoms with Gasteiger partial charge in [0.15, 0.2) is 22.7 Å². The maximum absolute atomic E-state index is 12.8. The molecule has 0 bridgehead atoms. The van der Waals surface area contributed by atoms with Gasteiger partial charge in [-0.15, -0.1) is 0 Å². The zero-order chi connectivity index (χ0) is 22.5. The van der Waals surface area contributed by atoms with E-state index in [1.807, 2.05) is 4.57 Å². The molecule has 3 aromatic rings. The standard InChI is InChI=1S/C22H31N5O4/c1-4-5-7-18-24-20-19(21(30)26(3)22(31)25(20)2)27(18)13-6-11-23-12-10-15-8-9-16(28)17(29)14-15/h8-9,14,23,28-29H,4-7,10-13H2,1-3H3. The molecule has 0 saturated carbocycles. The van der Waals surface area contributed by atoms with Crippen LogP contribution in [0, 0.1) is 0 Å².